The number of nitrogens with one attached hydrogen (secondary N) is 1. The van der Waals surface area contributed by atoms with E-state index in [0.29, 0.717) is 12.1 Å². The molecule has 0 spiro atoms. The molecule has 0 bridgehead atoms. The lowest BCUT2D eigenvalue weighted by Gasteiger charge is -2.14. The SMILES string of the molecule is CN(C)Cc1ccccc1CNC(=O)c1cc2ccccc2oc1=O. The molecule has 0 aliphatic rings. The summed E-state index contributed by atoms with van der Waals surface area (Å²) < 4.78 is 5.22. The lowest BCUT2D eigenvalue weighted by molar-refractivity contribution is 0.0947. The summed E-state index contributed by atoms with van der Waals surface area (Å²) in [5.41, 5.74) is 2.02. The van der Waals surface area contributed by atoms with Gasteiger partial charge in [0.25, 0.3) is 5.91 Å². The Morgan fingerprint density at radius 2 is 1.72 bits per heavy atom. The summed E-state index contributed by atoms with van der Waals surface area (Å²) in [5.74, 6) is -0.431. The van der Waals surface area contributed by atoms with Crippen molar-refractivity contribution in [3.8, 4) is 0 Å². The number of amides is 1. The van der Waals surface area contributed by atoms with Gasteiger partial charge in [0.2, 0.25) is 0 Å². The molecule has 1 aromatic heterocycles. The second-order valence-corrected chi connectivity index (χ2v) is 6.17. The maximum atomic E-state index is 12.4. The molecule has 128 valence electrons. The Hall–Kier alpha value is -2.92. The molecule has 0 atom stereocenters. The number of hydrogen-bond acceptors (Lipinski definition) is 4. The molecule has 25 heavy (non-hydrogen) atoms. The van der Waals surface area contributed by atoms with E-state index in [0.717, 1.165) is 23.1 Å². The zero-order valence-corrected chi connectivity index (χ0v) is 14.3. The fourth-order valence-corrected chi connectivity index (χ4v) is 2.72. The van der Waals surface area contributed by atoms with Crippen molar-refractivity contribution in [1.29, 1.82) is 0 Å². The van der Waals surface area contributed by atoms with Gasteiger partial charge in [-0.1, -0.05) is 42.5 Å². The molecule has 5 heteroatoms. The summed E-state index contributed by atoms with van der Waals surface area (Å²) in [7, 11) is 3.99. The first-order chi connectivity index (χ1) is 12.0. The highest BCUT2D eigenvalue weighted by Gasteiger charge is 2.14. The van der Waals surface area contributed by atoms with Crippen molar-refractivity contribution in [1.82, 2.24) is 10.2 Å². The molecule has 0 unspecified atom stereocenters. The predicted molar refractivity (Wildman–Crippen MR) is 97.5 cm³/mol. The number of fused-ring (bicyclic) bond motifs is 1. The normalized spacial score (nSPS) is 11.0. The van der Waals surface area contributed by atoms with E-state index in [1.165, 1.54) is 0 Å². The smallest absolute Gasteiger partial charge is 0.349 e. The number of benzene rings is 2. The molecule has 1 heterocycles. The lowest BCUT2D eigenvalue weighted by Crippen LogP contribution is -2.28. The van der Waals surface area contributed by atoms with Gasteiger partial charge < -0.3 is 14.6 Å². The van der Waals surface area contributed by atoms with Gasteiger partial charge in [0, 0.05) is 18.5 Å². The fourth-order valence-electron chi connectivity index (χ4n) is 2.72. The molecule has 1 N–H and O–H groups in total. The number of hydrogen-bond donors (Lipinski definition) is 1. The summed E-state index contributed by atoms with van der Waals surface area (Å²) in [6.07, 6.45) is 0. The minimum Gasteiger partial charge on any atom is -0.422 e. The monoisotopic (exact) mass is 336 g/mol. The molecule has 1 amide bonds. The Bertz CT molecular complexity index is 960. The van der Waals surface area contributed by atoms with E-state index in [4.69, 9.17) is 4.42 Å². The van der Waals surface area contributed by atoms with Crippen LogP contribution in [0.2, 0.25) is 0 Å². The molecule has 2 aromatic carbocycles. The van der Waals surface area contributed by atoms with Gasteiger partial charge in [0.05, 0.1) is 0 Å². The van der Waals surface area contributed by atoms with Crippen molar-refractivity contribution in [3.05, 3.63) is 81.7 Å². The van der Waals surface area contributed by atoms with Gasteiger partial charge in [-0.15, -0.1) is 0 Å². The topological polar surface area (TPSA) is 62.6 Å². The van der Waals surface area contributed by atoms with Crippen LogP contribution < -0.4 is 10.9 Å². The second kappa shape index (κ2) is 7.32. The van der Waals surface area contributed by atoms with Crippen molar-refractivity contribution >= 4 is 16.9 Å². The van der Waals surface area contributed by atoms with Crippen molar-refractivity contribution in [2.75, 3.05) is 14.1 Å². The van der Waals surface area contributed by atoms with E-state index in [-0.39, 0.29) is 5.56 Å². The first kappa shape index (κ1) is 16.9. The van der Waals surface area contributed by atoms with Gasteiger partial charge in [-0.05, 0) is 37.4 Å². The van der Waals surface area contributed by atoms with Crippen molar-refractivity contribution in [2.24, 2.45) is 0 Å². The number of rotatable bonds is 5. The standard InChI is InChI=1S/C20H20N2O3/c1-22(2)13-16-9-4-3-8-15(16)12-21-19(23)17-11-14-7-5-6-10-18(14)25-20(17)24/h3-11H,12-13H2,1-2H3,(H,21,23). The molecule has 3 aromatic rings. The average molecular weight is 336 g/mol. The summed E-state index contributed by atoms with van der Waals surface area (Å²) in [6, 6.07) is 16.6. The lowest BCUT2D eigenvalue weighted by atomic mass is 10.1. The Labute approximate surface area is 145 Å². The van der Waals surface area contributed by atoms with Crippen LogP contribution >= 0.6 is 0 Å². The highest BCUT2D eigenvalue weighted by molar-refractivity contribution is 5.96. The van der Waals surface area contributed by atoms with E-state index in [1.54, 1.807) is 24.3 Å². The van der Waals surface area contributed by atoms with Crippen LogP contribution in [0.4, 0.5) is 0 Å². The number of para-hydroxylation sites is 1. The minimum atomic E-state index is -0.627. The molecule has 3 rings (SSSR count). The van der Waals surface area contributed by atoms with Crippen LogP contribution in [0.3, 0.4) is 0 Å². The van der Waals surface area contributed by atoms with E-state index >= 15 is 0 Å². The molecule has 0 fully saturated rings. The molecule has 0 radical (unpaired) electrons. The predicted octanol–water partition coefficient (Wildman–Crippen LogP) is 2.78. The fraction of sp³-hybridized carbons (Fsp3) is 0.200. The van der Waals surface area contributed by atoms with Crippen molar-refractivity contribution in [2.45, 2.75) is 13.1 Å². The van der Waals surface area contributed by atoms with Gasteiger partial charge in [0.15, 0.2) is 0 Å². The first-order valence-corrected chi connectivity index (χ1v) is 8.07. The summed E-state index contributed by atoms with van der Waals surface area (Å²) in [4.78, 5) is 26.6. The molecule has 5 nitrogen and oxygen atoms in total. The first-order valence-electron chi connectivity index (χ1n) is 8.07. The number of carbonyl (C=O) groups excluding carboxylic acids is 1. The van der Waals surface area contributed by atoms with Crippen molar-refractivity contribution < 1.29 is 9.21 Å². The van der Waals surface area contributed by atoms with Gasteiger partial charge >= 0.3 is 5.63 Å². The van der Waals surface area contributed by atoms with Crippen LogP contribution in [0, 0.1) is 0 Å². The van der Waals surface area contributed by atoms with Crippen LogP contribution in [0.25, 0.3) is 11.0 Å². The minimum absolute atomic E-state index is 0.0174. The van der Waals surface area contributed by atoms with Crippen LogP contribution in [0.5, 0.6) is 0 Å². The molecule has 0 aliphatic heterocycles. The van der Waals surface area contributed by atoms with E-state index in [9.17, 15) is 9.59 Å². The largest absolute Gasteiger partial charge is 0.422 e. The Balaban J connectivity index is 1.80. The second-order valence-electron chi connectivity index (χ2n) is 6.17. The zero-order chi connectivity index (χ0) is 17.8. The van der Waals surface area contributed by atoms with Crippen LogP contribution in [0.1, 0.15) is 21.5 Å². The zero-order valence-electron chi connectivity index (χ0n) is 14.3. The quantitative estimate of drug-likeness (QED) is 0.728. The third-order valence-electron chi connectivity index (χ3n) is 3.93. The Kier molecular flexibility index (Phi) is 4.95. The van der Waals surface area contributed by atoms with E-state index in [2.05, 4.69) is 10.2 Å². The molecule has 0 saturated heterocycles. The van der Waals surface area contributed by atoms with E-state index in [1.807, 2.05) is 44.4 Å². The van der Waals surface area contributed by atoms with Crippen molar-refractivity contribution in [3.63, 3.8) is 0 Å². The molecule has 0 aliphatic carbocycles. The van der Waals surface area contributed by atoms with Gasteiger partial charge in [0.1, 0.15) is 11.1 Å². The molecule has 0 saturated carbocycles. The maximum Gasteiger partial charge on any atom is 0.349 e. The Morgan fingerprint density at radius 1 is 1.04 bits per heavy atom. The number of nitrogens with zero attached hydrogens (tertiary/aromatic N) is 1. The third kappa shape index (κ3) is 3.95. The summed E-state index contributed by atoms with van der Waals surface area (Å²) >= 11 is 0. The van der Waals surface area contributed by atoms with Crippen LogP contribution in [-0.4, -0.2) is 24.9 Å². The number of carbonyl (C=O) groups is 1. The van der Waals surface area contributed by atoms with Crippen LogP contribution in [-0.2, 0) is 13.1 Å². The summed E-state index contributed by atoms with van der Waals surface area (Å²) in [6.45, 7) is 1.14. The Morgan fingerprint density at radius 3 is 2.48 bits per heavy atom. The molecular weight excluding hydrogens is 316 g/mol. The highest BCUT2D eigenvalue weighted by Crippen LogP contribution is 2.13. The highest BCUT2D eigenvalue weighted by atomic mass is 16.4. The van der Waals surface area contributed by atoms with E-state index < -0.39 is 11.5 Å². The van der Waals surface area contributed by atoms with Crippen LogP contribution in [0.15, 0.2) is 63.8 Å². The average Bonchev–Trinajstić information content (AvgIpc) is 2.59. The third-order valence-corrected chi connectivity index (χ3v) is 3.93. The van der Waals surface area contributed by atoms with Gasteiger partial charge in [-0.2, -0.15) is 0 Å². The van der Waals surface area contributed by atoms with Gasteiger partial charge in [-0.3, -0.25) is 4.79 Å². The summed E-state index contributed by atoms with van der Waals surface area (Å²) in [5, 5.41) is 3.54. The molecular formula is C20H20N2O3. The maximum absolute atomic E-state index is 12.4. The van der Waals surface area contributed by atoms with Gasteiger partial charge in [-0.25, -0.2) is 4.79 Å².